The summed E-state index contributed by atoms with van der Waals surface area (Å²) in [6.45, 7) is 3.18. The molecule has 2 N–H and O–H groups in total. The van der Waals surface area contributed by atoms with Gasteiger partial charge in [-0.2, -0.15) is 0 Å². The van der Waals surface area contributed by atoms with Crippen LogP contribution in [0, 0.1) is 0 Å². The Labute approximate surface area is 136 Å². The van der Waals surface area contributed by atoms with Gasteiger partial charge < -0.3 is 24.8 Å². The molecule has 0 aromatic heterocycles. The second-order valence-electron chi connectivity index (χ2n) is 5.44. The van der Waals surface area contributed by atoms with Crippen LogP contribution < -0.4 is 24.8 Å². The molecule has 0 saturated heterocycles. The Hall–Kier alpha value is -2.56. The monoisotopic (exact) mass is 314 g/mol. The summed E-state index contributed by atoms with van der Waals surface area (Å²) in [7, 11) is 1.66. The second kappa shape index (κ2) is 7.13. The number of nitrogens with zero attached hydrogens (tertiary/aromatic N) is 1. The molecule has 0 unspecified atom stereocenters. The molecule has 0 radical (unpaired) electrons. The van der Waals surface area contributed by atoms with Crippen molar-refractivity contribution in [2.45, 2.75) is 6.42 Å². The molecule has 1 aliphatic rings. The van der Waals surface area contributed by atoms with E-state index in [2.05, 4.69) is 4.90 Å². The van der Waals surface area contributed by atoms with Crippen LogP contribution in [-0.4, -0.2) is 33.4 Å². The van der Waals surface area contributed by atoms with Gasteiger partial charge in [-0.3, -0.25) is 0 Å². The molecule has 0 aliphatic carbocycles. The molecule has 5 nitrogen and oxygen atoms in total. The summed E-state index contributed by atoms with van der Waals surface area (Å²) in [6, 6.07) is 13.5. The molecule has 0 atom stereocenters. The number of fused-ring (bicyclic) bond motifs is 1. The van der Waals surface area contributed by atoms with Crippen molar-refractivity contribution in [2.75, 3.05) is 44.0 Å². The van der Waals surface area contributed by atoms with E-state index in [1.807, 2.05) is 42.5 Å². The number of ether oxygens (including phenoxy) is 3. The predicted octanol–water partition coefficient (Wildman–Crippen LogP) is 2.95. The third-order valence-corrected chi connectivity index (χ3v) is 3.84. The average molecular weight is 314 g/mol. The molecule has 23 heavy (non-hydrogen) atoms. The van der Waals surface area contributed by atoms with Gasteiger partial charge >= 0.3 is 0 Å². The molecule has 3 rings (SSSR count). The van der Waals surface area contributed by atoms with Gasteiger partial charge in [0.2, 0.25) is 0 Å². The molecule has 0 spiro atoms. The molecule has 0 bridgehead atoms. The summed E-state index contributed by atoms with van der Waals surface area (Å²) in [6.07, 6.45) is 0.940. The van der Waals surface area contributed by atoms with Crippen molar-refractivity contribution in [3.05, 3.63) is 42.5 Å². The van der Waals surface area contributed by atoms with E-state index in [0.717, 1.165) is 48.1 Å². The fourth-order valence-electron chi connectivity index (χ4n) is 2.64. The first-order chi connectivity index (χ1) is 11.3. The number of nitrogen functional groups attached to an aromatic ring is 1. The first kappa shape index (κ1) is 15.3. The van der Waals surface area contributed by atoms with Crippen LogP contribution in [0.15, 0.2) is 42.5 Å². The van der Waals surface area contributed by atoms with Crippen molar-refractivity contribution in [1.29, 1.82) is 0 Å². The van der Waals surface area contributed by atoms with Gasteiger partial charge in [-0.25, -0.2) is 0 Å². The van der Waals surface area contributed by atoms with E-state index in [0.29, 0.717) is 13.2 Å². The van der Waals surface area contributed by atoms with Crippen LogP contribution in [0.1, 0.15) is 6.42 Å². The molecule has 1 aliphatic heterocycles. The number of anilines is 2. The summed E-state index contributed by atoms with van der Waals surface area (Å²) >= 11 is 0. The Morgan fingerprint density at radius 1 is 1.13 bits per heavy atom. The van der Waals surface area contributed by atoms with Gasteiger partial charge in [0.15, 0.2) is 0 Å². The third kappa shape index (κ3) is 3.80. The van der Waals surface area contributed by atoms with Crippen molar-refractivity contribution in [1.82, 2.24) is 0 Å². The summed E-state index contributed by atoms with van der Waals surface area (Å²) in [5, 5.41) is 0. The van der Waals surface area contributed by atoms with Gasteiger partial charge in [0.05, 0.1) is 25.9 Å². The van der Waals surface area contributed by atoms with Crippen molar-refractivity contribution >= 4 is 11.4 Å². The molecule has 0 fully saturated rings. The zero-order chi connectivity index (χ0) is 16.1. The molecule has 0 amide bonds. The standard InChI is InChI=1S/C18H22N2O3/c1-21-15-4-6-16(7-5-15)22-11-2-9-20-10-12-23-18-13-14(19)3-8-17(18)20/h3-8,13H,2,9-12,19H2,1H3. The normalized spacial score (nSPS) is 13.2. The highest BCUT2D eigenvalue weighted by Crippen LogP contribution is 2.33. The smallest absolute Gasteiger partial charge is 0.144 e. The Morgan fingerprint density at radius 3 is 2.70 bits per heavy atom. The first-order valence-corrected chi connectivity index (χ1v) is 7.80. The van der Waals surface area contributed by atoms with E-state index in [1.165, 1.54) is 0 Å². The Kier molecular flexibility index (Phi) is 4.76. The summed E-state index contributed by atoms with van der Waals surface area (Å²) in [5.41, 5.74) is 7.64. The average Bonchev–Trinajstić information content (AvgIpc) is 2.59. The maximum absolute atomic E-state index is 5.81. The van der Waals surface area contributed by atoms with Crippen LogP contribution in [0.5, 0.6) is 17.2 Å². The zero-order valence-electron chi connectivity index (χ0n) is 13.3. The Morgan fingerprint density at radius 2 is 1.91 bits per heavy atom. The van der Waals surface area contributed by atoms with Crippen molar-refractivity contribution < 1.29 is 14.2 Å². The van der Waals surface area contributed by atoms with Gasteiger partial charge in [-0.15, -0.1) is 0 Å². The van der Waals surface area contributed by atoms with Crippen LogP contribution in [0.2, 0.25) is 0 Å². The van der Waals surface area contributed by atoms with Crippen molar-refractivity contribution in [3.8, 4) is 17.2 Å². The van der Waals surface area contributed by atoms with Crippen molar-refractivity contribution in [3.63, 3.8) is 0 Å². The van der Waals surface area contributed by atoms with Gasteiger partial charge in [0, 0.05) is 18.3 Å². The Bertz CT molecular complexity index is 643. The van der Waals surface area contributed by atoms with Crippen LogP contribution in [0.3, 0.4) is 0 Å². The Balaban J connectivity index is 1.49. The number of hydrogen-bond donors (Lipinski definition) is 1. The van der Waals surface area contributed by atoms with Crippen molar-refractivity contribution in [2.24, 2.45) is 0 Å². The van der Waals surface area contributed by atoms with Gasteiger partial charge in [-0.1, -0.05) is 0 Å². The third-order valence-electron chi connectivity index (χ3n) is 3.84. The molecule has 1 heterocycles. The van der Waals surface area contributed by atoms with Gasteiger partial charge in [-0.05, 0) is 42.8 Å². The number of benzene rings is 2. The van der Waals surface area contributed by atoms with E-state index >= 15 is 0 Å². The molecule has 0 saturated carbocycles. The number of hydrogen-bond acceptors (Lipinski definition) is 5. The van der Waals surface area contributed by atoms with E-state index in [-0.39, 0.29) is 0 Å². The molecule has 2 aromatic rings. The maximum Gasteiger partial charge on any atom is 0.144 e. The molecule has 2 aromatic carbocycles. The topological polar surface area (TPSA) is 57.0 Å². The maximum atomic E-state index is 5.81. The minimum absolute atomic E-state index is 0.675. The fraction of sp³-hybridized carbons (Fsp3) is 0.333. The van der Waals surface area contributed by atoms with E-state index in [4.69, 9.17) is 19.9 Å². The first-order valence-electron chi connectivity index (χ1n) is 7.80. The summed E-state index contributed by atoms with van der Waals surface area (Å²) in [4.78, 5) is 2.32. The van der Waals surface area contributed by atoms with Crippen LogP contribution >= 0.6 is 0 Å². The van der Waals surface area contributed by atoms with Crippen LogP contribution in [-0.2, 0) is 0 Å². The highest BCUT2D eigenvalue weighted by molar-refractivity contribution is 5.65. The van der Waals surface area contributed by atoms with Crippen LogP contribution in [0.4, 0.5) is 11.4 Å². The highest BCUT2D eigenvalue weighted by Gasteiger charge is 2.17. The SMILES string of the molecule is COc1ccc(OCCCN2CCOc3cc(N)ccc32)cc1. The molecular weight excluding hydrogens is 292 g/mol. The largest absolute Gasteiger partial charge is 0.497 e. The predicted molar refractivity (Wildman–Crippen MR) is 91.7 cm³/mol. The molecule has 5 heteroatoms. The minimum Gasteiger partial charge on any atom is -0.497 e. The van der Waals surface area contributed by atoms with E-state index in [9.17, 15) is 0 Å². The van der Waals surface area contributed by atoms with Gasteiger partial charge in [0.1, 0.15) is 23.9 Å². The van der Waals surface area contributed by atoms with Gasteiger partial charge in [0.25, 0.3) is 0 Å². The number of nitrogens with two attached hydrogens (primary N) is 1. The highest BCUT2D eigenvalue weighted by atomic mass is 16.5. The lowest BCUT2D eigenvalue weighted by Gasteiger charge is -2.31. The minimum atomic E-state index is 0.675. The quantitative estimate of drug-likeness (QED) is 0.656. The fourth-order valence-corrected chi connectivity index (χ4v) is 2.64. The lowest BCUT2D eigenvalue weighted by atomic mass is 10.2. The summed E-state index contributed by atoms with van der Waals surface area (Å²) < 4.78 is 16.6. The number of methoxy groups -OCH3 is 1. The van der Waals surface area contributed by atoms with Crippen LogP contribution in [0.25, 0.3) is 0 Å². The molecule has 122 valence electrons. The summed E-state index contributed by atoms with van der Waals surface area (Å²) in [5.74, 6) is 2.56. The lowest BCUT2D eigenvalue weighted by molar-refractivity contribution is 0.293. The van der Waals surface area contributed by atoms with E-state index in [1.54, 1.807) is 7.11 Å². The lowest BCUT2D eigenvalue weighted by Crippen LogP contribution is -2.34. The second-order valence-corrected chi connectivity index (χ2v) is 5.44. The molecular formula is C18H22N2O3. The van der Waals surface area contributed by atoms with E-state index < -0.39 is 0 Å². The zero-order valence-corrected chi connectivity index (χ0v) is 13.3. The number of rotatable bonds is 6.